The Labute approximate surface area is 129 Å². The number of hydrogen-bond donors (Lipinski definition) is 0. The minimum absolute atomic E-state index is 0.0955. The molecule has 22 heavy (non-hydrogen) atoms. The smallest absolute Gasteiger partial charge is 0.345 e. The van der Waals surface area contributed by atoms with Gasteiger partial charge in [-0.15, -0.1) is 0 Å². The molecule has 0 bridgehead atoms. The van der Waals surface area contributed by atoms with E-state index in [1.165, 1.54) is 4.90 Å². The monoisotopic (exact) mass is 305 g/mol. The topological polar surface area (TPSA) is 72.9 Å². The largest absolute Gasteiger partial charge is 0.462 e. The Morgan fingerprint density at radius 1 is 1.00 bits per heavy atom. The van der Waals surface area contributed by atoms with Gasteiger partial charge in [0, 0.05) is 18.8 Å². The number of rotatable bonds is 6. The second-order valence-electron chi connectivity index (χ2n) is 4.23. The first kappa shape index (κ1) is 17.4. The van der Waals surface area contributed by atoms with E-state index in [0.717, 1.165) is 6.08 Å². The first-order valence-corrected chi connectivity index (χ1v) is 6.89. The van der Waals surface area contributed by atoms with Gasteiger partial charge in [0.05, 0.1) is 13.2 Å². The first-order valence-electron chi connectivity index (χ1n) is 6.89. The van der Waals surface area contributed by atoms with Crippen LogP contribution in [0.2, 0.25) is 0 Å². The Bertz CT molecular complexity index is 545. The Kier molecular flexibility index (Phi) is 6.82. The van der Waals surface area contributed by atoms with Crippen LogP contribution in [0.4, 0.5) is 5.69 Å². The summed E-state index contributed by atoms with van der Waals surface area (Å²) >= 11 is 0. The lowest BCUT2D eigenvalue weighted by molar-refractivity contribution is -0.146. The standard InChI is InChI=1S/C16H19NO5/c1-4-21-15(19)13(16(20)22-5-2)11-14(18)17(3)12-9-7-6-8-10-12/h6-11H,4-5H2,1-3H3. The number of ether oxygens (including phenoxy) is 2. The molecular weight excluding hydrogens is 286 g/mol. The average molecular weight is 305 g/mol. The highest BCUT2D eigenvalue weighted by Gasteiger charge is 2.23. The molecule has 0 saturated carbocycles. The lowest BCUT2D eigenvalue weighted by Gasteiger charge is -2.15. The molecule has 0 aromatic heterocycles. The highest BCUT2D eigenvalue weighted by atomic mass is 16.6. The summed E-state index contributed by atoms with van der Waals surface area (Å²) in [5.74, 6) is -2.28. The van der Waals surface area contributed by atoms with Crippen LogP contribution in [-0.4, -0.2) is 38.1 Å². The normalized spacial score (nSPS) is 9.59. The summed E-state index contributed by atoms with van der Waals surface area (Å²) in [6, 6.07) is 8.85. The van der Waals surface area contributed by atoms with E-state index in [1.807, 2.05) is 6.07 Å². The highest BCUT2D eigenvalue weighted by Crippen LogP contribution is 2.13. The maximum Gasteiger partial charge on any atom is 0.345 e. The fourth-order valence-corrected chi connectivity index (χ4v) is 1.62. The van der Waals surface area contributed by atoms with Crippen LogP contribution in [0.5, 0.6) is 0 Å². The third kappa shape index (κ3) is 4.73. The number of likely N-dealkylation sites (N-methyl/N-ethyl adjacent to an activating group) is 1. The summed E-state index contributed by atoms with van der Waals surface area (Å²) in [5, 5.41) is 0. The molecule has 0 atom stereocenters. The molecule has 0 N–H and O–H groups in total. The van der Waals surface area contributed by atoms with Crippen LogP contribution in [0, 0.1) is 0 Å². The molecule has 0 radical (unpaired) electrons. The summed E-state index contributed by atoms with van der Waals surface area (Å²) in [7, 11) is 1.54. The number of anilines is 1. The predicted octanol–water partition coefficient (Wildman–Crippen LogP) is 1.70. The molecule has 1 aromatic carbocycles. The van der Waals surface area contributed by atoms with Gasteiger partial charge in [-0.25, -0.2) is 9.59 Å². The van der Waals surface area contributed by atoms with Crippen LogP contribution in [0.25, 0.3) is 0 Å². The van der Waals surface area contributed by atoms with Gasteiger partial charge < -0.3 is 14.4 Å². The van der Waals surface area contributed by atoms with E-state index < -0.39 is 23.4 Å². The number of nitrogens with zero attached hydrogens (tertiary/aromatic N) is 1. The molecule has 1 amide bonds. The van der Waals surface area contributed by atoms with Gasteiger partial charge in [0.2, 0.25) is 0 Å². The van der Waals surface area contributed by atoms with Gasteiger partial charge in [-0.3, -0.25) is 4.79 Å². The average Bonchev–Trinajstić information content (AvgIpc) is 2.52. The van der Waals surface area contributed by atoms with Crippen molar-refractivity contribution in [2.75, 3.05) is 25.2 Å². The number of para-hydroxylation sites is 1. The van der Waals surface area contributed by atoms with Crippen molar-refractivity contribution >= 4 is 23.5 Å². The van der Waals surface area contributed by atoms with E-state index in [1.54, 1.807) is 45.2 Å². The quantitative estimate of drug-likeness (QED) is 0.346. The second-order valence-corrected chi connectivity index (χ2v) is 4.23. The van der Waals surface area contributed by atoms with E-state index in [9.17, 15) is 14.4 Å². The van der Waals surface area contributed by atoms with Crippen molar-refractivity contribution in [3.63, 3.8) is 0 Å². The van der Waals surface area contributed by atoms with Crippen molar-refractivity contribution in [1.29, 1.82) is 0 Å². The van der Waals surface area contributed by atoms with E-state index in [2.05, 4.69) is 0 Å². The molecule has 1 rings (SSSR count). The van der Waals surface area contributed by atoms with Crippen molar-refractivity contribution in [3.05, 3.63) is 42.0 Å². The van der Waals surface area contributed by atoms with Crippen LogP contribution >= 0.6 is 0 Å². The van der Waals surface area contributed by atoms with E-state index in [0.29, 0.717) is 5.69 Å². The van der Waals surface area contributed by atoms with Gasteiger partial charge in [0.1, 0.15) is 5.57 Å². The molecule has 1 aromatic rings. The Morgan fingerprint density at radius 3 is 1.95 bits per heavy atom. The van der Waals surface area contributed by atoms with Gasteiger partial charge >= 0.3 is 11.9 Å². The number of hydrogen-bond acceptors (Lipinski definition) is 5. The number of benzene rings is 1. The molecule has 6 nitrogen and oxygen atoms in total. The molecule has 0 heterocycles. The van der Waals surface area contributed by atoms with Crippen molar-refractivity contribution in [2.24, 2.45) is 0 Å². The summed E-state index contributed by atoms with van der Waals surface area (Å²) < 4.78 is 9.56. The minimum atomic E-state index is -0.879. The molecule has 0 unspecified atom stereocenters. The fraction of sp³-hybridized carbons (Fsp3) is 0.312. The Balaban J connectivity index is 3.02. The van der Waals surface area contributed by atoms with Gasteiger partial charge in [-0.1, -0.05) is 18.2 Å². The number of amides is 1. The summed E-state index contributed by atoms with van der Waals surface area (Å²) in [5.41, 5.74) is 0.215. The van der Waals surface area contributed by atoms with Crippen LogP contribution in [-0.2, 0) is 23.9 Å². The van der Waals surface area contributed by atoms with Gasteiger partial charge in [0.25, 0.3) is 5.91 Å². The maximum absolute atomic E-state index is 12.2. The summed E-state index contributed by atoms with van der Waals surface area (Å²) in [6.45, 7) is 3.41. The van der Waals surface area contributed by atoms with Crippen LogP contribution in [0.15, 0.2) is 42.0 Å². The van der Waals surface area contributed by atoms with Crippen LogP contribution in [0.1, 0.15) is 13.8 Å². The number of carbonyl (C=O) groups is 3. The third-order valence-electron chi connectivity index (χ3n) is 2.73. The first-order chi connectivity index (χ1) is 10.5. The number of esters is 2. The van der Waals surface area contributed by atoms with Crippen LogP contribution in [0.3, 0.4) is 0 Å². The van der Waals surface area contributed by atoms with Crippen molar-refractivity contribution in [1.82, 2.24) is 0 Å². The lowest BCUT2D eigenvalue weighted by Crippen LogP contribution is -2.27. The van der Waals surface area contributed by atoms with Crippen molar-refractivity contribution < 1.29 is 23.9 Å². The molecule has 118 valence electrons. The maximum atomic E-state index is 12.2. The minimum Gasteiger partial charge on any atom is -0.462 e. The summed E-state index contributed by atoms with van der Waals surface area (Å²) in [6.07, 6.45) is 0.934. The number of carbonyl (C=O) groups excluding carboxylic acids is 3. The fourth-order valence-electron chi connectivity index (χ4n) is 1.62. The molecule has 0 aliphatic heterocycles. The van der Waals surface area contributed by atoms with Crippen molar-refractivity contribution in [2.45, 2.75) is 13.8 Å². The van der Waals surface area contributed by atoms with E-state index >= 15 is 0 Å². The zero-order valence-electron chi connectivity index (χ0n) is 12.9. The zero-order valence-corrected chi connectivity index (χ0v) is 12.9. The van der Waals surface area contributed by atoms with E-state index in [-0.39, 0.29) is 13.2 Å². The lowest BCUT2D eigenvalue weighted by atomic mass is 10.2. The van der Waals surface area contributed by atoms with Crippen LogP contribution < -0.4 is 4.90 Å². The van der Waals surface area contributed by atoms with Gasteiger partial charge in [-0.2, -0.15) is 0 Å². The van der Waals surface area contributed by atoms with Crippen molar-refractivity contribution in [3.8, 4) is 0 Å². The molecule has 6 heteroatoms. The zero-order chi connectivity index (χ0) is 16.5. The molecule has 0 fully saturated rings. The molecule has 0 aliphatic carbocycles. The third-order valence-corrected chi connectivity index (χ3v) is 2.73. The highest BCUT2D eigenvalue weighted by molar-refractivity contribution is 6.19. The van der Waals surface area contributed by atoms with E-state index in [4.69, 9.17) is 9.47 Å². The molecule has 0 spiro atoms. The predicted molar refractivity (Wildman–Crippen MR) is 81.2 cm³/mol. The second kappa shape index (κ2) is 8.61. The SMILES string of the molecule is CCOC(=O)C(=CC(=O)N(C)c1ccccc1)C(=O)OCC. The Hall–Kier alpha value is -2.63. The molecule has 0 aliphatic rings. The van der Waals surface area contributed by atoms with Gasteiger partial charge in [-0.05, 0) is 26.0 Å². The summed E-state index contributed by atoms with van der Waals surface area (Å²) in [4.78, 5) is 37.1. The Morgan fingerprint density at radius 2 is 1.50 bits per heavy atom. The molecular formula is C16H19NO5. The molecule has 0 saturated heterocycles. The van der Waals surface area contributed by atoms with Gasteiger partial charge in [0.15, 0.2) is 0 Å².